The lowest BCUT2D eigenvalue weighted by Gasteiger charge is -2.40. The predicted octanol–water partition coefficient (Wildman–Crippen LogP) is 2.34. The molecule has 2 atom stereocenters. The van der Waals surface area contributed by atoms with Gasteiger partial charge >= 0.3 is 6.03 Å². The fourth-order valence-electron chi connectivity index (χ4n) is 4.03. The van der Waals surface area contributed by atoms with E-state index >= 15 is 0 Å². The molecule has 0 spiro atoms. The lowest BCUT2D eigenvalue weighted by atomic mass is 9.83. The maximum absolute atomic E-state index is 11.6. The van der Waals surface area contributed by atoms with Crippen molar-refractivity contribution >= 4 is 6.03 Å². The van der Waals surface area contributed by atoms with E-state index in [-0.39, 0.29) is 6.03 Å². The second-order valence-corrected chi connectivity index (χ2v) is 6.30. The van der Waals surface area contributed by atoms with Crippen LogP contribution in [0.3, 0.4) is 0 Å². The molecule has 2 fully saturated rings. The molecular formula is C15H29N3O. The van der Waals surface area contributed by atoms with Crippen LogP contribution in [0.4, 0.5) is 4.79 Å². The third kappa shape index (κ3) is 3.85. The van der Waals surface area contributed by atoms with E-state index in [9.17, 15) is 4.79 Å². The number of nitrogens with one attached hydrogen (secondary N) is 1. The molecule has 1 unspecified atom stereocenters. The number of hydrogen-bond acceptors (Lipinski definition) is 2. The Morgan fingerprint density at radius 3 is 2.58 bits per heavy atom. The van der Waals surface area contributed by atoms with Crippen LogP contribution in [-0.4, -0.2) is 37.1 Å². The Kier molecular flexibility index (Phi) is 5.49. The molecule has 1 heterocycles. The number of piperidine rings is 1. The van der Waals surface area contributed by atoms with Gasteiger partial charge in [0.05, 0.1) is 0 Å². The van der Waals surface area contributed by atoms with E-state index in [0.717, 1.165) is 31.8 Å². The first kappa shape index (κ1) is 14.6. The number of primary amides is 1. The normalized spacial score (nSPS) is 26.6. The van der Waals surface area contributed by atoms with E-state index in [2.05, 4.69) is 5.32 Å². The number of amides is 2. The smallest absolute Gasteiger partial charge is 0.315 e. The highest BCUT2D eigenvalue weighted by atomic mass is 16.2. The third-order valence-corrected chi connectivity index (χ3v) is 4.95. The highest BCUT2D eigenvalue weighted by Crippen LogP contribution is 2.34. The second kappa shape index (κ2) is 7.13. The van der Waals surface area contributed by atoms with Crippen molar-refractivity contribution in [1.29, 1.82) is 0 Å². The van der Waals surface area contributed by atoms with Gasteiger partial charge in [-0.1, -0.05) is 25.7 Å². The zero-order valence-corrected chi connectivity index (χ0v) is 12.2. The summed E-state index contributed by atoms with van der Waals surface area (Å²) >= 11 is 0. The summed E-state index contributed by atoms with van der Waals surface area (Å²) in [6.45, 7) is 1.86. The van der Waals surface area contributed by atoms with Crippen molar-refractivity contribution in [2.75, 3.05) is 20.1 Å². The molecule has 1 aliphatic carbocycles. The molecule has 0 bridgehead atoms. The average molecular weight is 267 g/mol. The number of hydrogen-bond donors (Lipinski definition) is 2. The van der Waals surface area contributed by atoms with Crippen LogP contribution in [0, 0.1) is 11.8 Å². The second-order valence-electron chi connectivity index (χ2n) is 6.30. The lowest BCUT2D eigenvalue weighted by Crippen LogP contribution is -2.51. The molecule has 0 aromatic carbocycles. The predicted molar refractivity (Wildman–Crippen MR) is 77.9 cm³/mol. The van der Waals surface area contributed by atoms with Crippen molar-refractivity contribution in [2.45, 2.75) is 57.4 Å². The number of carbonyl (C=O) groups is 1. The van der Waals surface area contributed by atoms with Gasteiger partial charge < -0.3 is 16.0 Å². The van der Waals surface area contributed by atoms with Crippen LogP contribution in [0.15, 0.2) is 0 Å². The summed E-state index contributed by atoms with van der Waals surface area (Å²) in [5.41, 5.74) is 5.57. The quantitative estimate of drug-likeness (QED) is 0.803. The lowest BCUT2D eigenvalue weighted by molar-refractivity contribution is 0.113. The Bertz CT molecular complexity index is 289. The monoisotopic (exact) mass is 267 g/mol. The Hall–Kier alpha value is -0.770. The molecule has 4 nitrogen and oxygen atoms in total. The van der Waals surface area contributed by atoms with E-state index < -0.39 is 0 Å². The summed E-state index contributed by atoms with van der Waals surface area (Å²) in [6.07, 6.45) is 10.3. The van der Waals surface area contributed by atoms with E-state index in [1.54, 1.807) is 0 Å². The Labute approximate surface area is 117 Å². The summed E-state index contributed by atoms with van der Waals surface area (Å²) in [5.74, 6) is 1.44. The number of nitrogens with two attached hydrogens (primary N) is 1. The van der Waals surface area contributed by atoms with Gasteiger partial charge in [-0.05, 0) is 51.1 Å². The first-order valence-corrected chi connectivity index (χ1v) is 7.93. The molecule has 4 heteroatoms. The van der Waals surface area contributed by atoms with Crippen molar-refractivity contribution in [1.82, 2.24) is 10.2 Å². The molecule has 0 aromatic rings. The first-order valence-electron chi connectivity index (χ1n) is 7.93. The Balaban J connectivity index is 1.99. The van der Waals surface area contributed by atoms with E-state index in [0.29, 0.717) is 12.0 Å². The molecule has 2 aliphatic rings. The minimum atomic E-state index is -0.225. The van der Waals surface area contributed by atoms with Gasteiger partial charge in [0.2, 0.25) is 0 Å². The molecule has 1 saturated carbocycles. The first-order chi connectivity index (χ1) is 9.22. The zero-order valence-electron chi connectivity index (χ0n) is 12.2. The van der Waals surface area contributed by atoms with Crippen LogP contribution in [-0.2, 0) is 0 Å². The van der Waals surface area contributed by atoms with Crippen LogP contribution in [0.5, 0.6) is 0 Å². The van der Waals surface area contributed by atoms with Crippen LogP contribution in [0.25, 0.3) is 0 Å². The molecule has 2 rings (SSSR count). The number of rotatable bonds is 5. The highest BCUT2D eigenvalue weighted by Gasteiger charge is 2.33. The third-order valence-electron chi connectivity index (χ3n) is 4.95. The van der Waals surface area contributed by atoms with E-state index in [1.807, 2.05) is 11.9 Å². The van der Waals surface area contributed by atoms with Crippen molar-refractivity contribution in [3.8, 4) is 0 Å². The van der Waals surface area contributed by atoms with Gasteiger partial charge in [0.1, 0.15) is 0 Å². The number of urea groups is 1. The van der Waals surface area contributed by atoms with Crippen molar-refractivity contribution in [3.05, 3.63) is 0 Å². The minimum absolute atomic E-state index is 0.225. The summed E-state index contributed by atoms with van der Waals surface area (Å²) in [7, 11) is 2.01. The summed E-state index contributed by atoms with van der Waals surface area (Å²) in [4.78, 5) is 13.6. The molecule has 0 aromatic heterocycles. The highest BCUT2D eigenvalue weighted by molar-refractivity contribution is 5.72. The zero-order chi connectivity index (χ0) is 13.7. The fraction of sp³-hybridized carbons (Fsp3) is 0.933. The molecule has 1 saturated heterocycles. The topological polar surface area (TPSA) is 58.4 Å². The van der Waals surface area contributed by atoms with Crippen LogP contribution >= 0.6 is 0 Å². The molecular weight excluding hydrogens is 238 g/mol. The molecule has 2 amide bonds. The van der Waals surface area contributed by atoms with Gasteiger partial charge in [-0.3, -0.25) is 0 Å². The molecule has 3 N–H and O–H groups in total. The Morgan fingerprint density at radius 2 is 1.95 bits per heavy atom. The number of likely N-dealkylation sites (tertiary alicyclic amines) is 1. The van der Waals surface area contributed by atoms with Crippen molar-refractivity contribution in [3.63, 3.8) is 0 Å². The van der Waals surface area contributed by atoms with Gasteiger partial charge in [0, 0.05) is 12.6 Å². The number of carbonyl (C=O) groups excluding carboxylic acids is 1. The van der Waals surface area contributed by atoms with Crippen LogP contribution in [0.2, 0.25) is 0 Å². The van der Waals surface area contributed by atoms with Crippen LogP contribution < -0.4 is 11.1 Å². The SMILES string of the molecule is CNC[C@H](CC1CCCC1)C1CCCCN1C(N)=O. The summed E-state index contributed by atoms with van der Waals surface area (Å²) < 4.78 is 0. The standard InChI is InChI=1S/C15H29N3O/c1-17-11-13(10-12-6-2-3-7-12)14-8-4-5-9-18(14)15(16)19/h12-14,17H,2-11H2,1H3,(H2,16,19)/t13-,14?/m0/s1. The van der Waals surface area contributed by atoms with E-state index in [1.165, 1.54) is 38.5 Å². The van der Waals surface area contributed by atoms with Gasteiger partial charge in [0.15, 0.2) is 0 Å². The van der Waals surface area contributed by atoms with Crippen LogP contribution in [0.1, 0.15) is 51.4 Å². The maximum atomic E-state index is 11.6. The molecule has 19 heavy (non-hydrogen) atoms. The molecule has 0 radical (unpaired) electrons. The van der Waals surface area contributed by atoms with Gasteiger partial charge in [-0.2, -0.15) is 0 Å². The van der Waals surface area contributed by atoms with Gasteiger partial charge in [0.25, 0.3) is 0 Å². The number of nitrogens with zero attached hydrogens (tertiary/aromatic N) is 1. The maximum Gasteiger partial charge on any atom is 0.315 e. The van der Waals surface area contributed by atoms with Crippen molar-refractivity contribution < 1.29 is 4.79 Å². The fourth-order valence-corrected chi connectivity index (χ4v) is 4.03. The Morgan fingerprint density at radius 1 is 1.26 bits per heavy atom. The average Bonchev–Trinajstić information content (AvgIpc) is 2.91. The van der Waals surface area contributed by atoms with Crippen molar-refractivity contribution in [2.24, 2.45) is 17.6 Å². The summed E-state index contributed by atoms with van der Waals surface area (Å²) in [5, 5.41) is 3.32. The molecule has 110 valence electrons. The van der Waals surface area contributed by atoms with E-state index in [4.69, 9.17) is 5.73 Å². The minimum Gasteiger partial charge on any atom is -0.351 e. The molecule has 1 aliphatic heterocycles. The largest absolute Gasteiger partial charge is 0.351 e. The van der Waals surface area contributed by atoms with Gasteiger partial charge in [-0.15, -0.1) is 0 Å². The van der Waals surface area contributed by atoms with Gasteiger partial charge in [-0.25, -0.2) is 4.79 Å². The summed E-state index contributed by atoms with van der Waals surface area (Å²) in [6, 6.07) is 0.136.